The summed E-state index contributed by atoms with van der Waals surface area (Å²) in [5, 5.41) is 17.2. The van der Waals surface area contributed by atoms with Gasteiger partial charge in [0, 0.05) is 5.56 Å². The smallest absolute Gasteiger partial charge is 0.194 e. The number of aliphatic hydroxyl groups is 2. The number of carbonyl (C=O) groups is 1. The van der Waals surface area contributed by atoms with Crippen molar-refractivity contribution in [2.24, 2.45) is 0 Å². The molecule has 0 aliphatic carbocycles. The quantitative estimate of drug-likeness (QED) is 0.209. The third kappa shape index (κ3) is 6.79. The van der Waals surface area contributed by atoms with Gasteiger partial charge in [0.25, 0.3) is 0 Å². The van der Waals surface area contributed by atoms with Crippen LogP contribution in [0.2, 0.25) is 0 Å². The highest BCUT2D eigenvalue weighted by Gasteiger charge is 2.29. The number of carbonyl (C=O) groups excluding carboxylic acids is 1. The first-order valence-electron chi connectivity index (χ1n) is 7.11. The molecule has 23 heavy (non-hydrogen) atoms. The molecule has 0 atom stereocenters. The molecule has 0 aromatic heterocycles. The van der Waals surface area contributed by atoms with Crippen LogP contribution < -0.4 is 4.74 Å². The number of ether oxygens (including phenoxy) is 2. The summed E-state index contributed by atoms with van der Waals surface area (Å²) >= 11 is 0. The first kappa shape index (κ1) is 19.1. The second-order valence-corrected chi connectivity index (χ2v) is 4.97. The van der Waals surface area contributed by atoms with Gasteiger partial charge in [0.15, 0.2) is 12.0 Å². The van der Waals surface area contributed by atoms with Crippen molar-refractivity contribution in [3.63, 3.8) is 0 Å². The number of benzene rings is 1. The highest BCUT2D eigenvalue weighted by molar-refractivity contribution is 6.02. The van der Waals surface area contributed by atoms with Gasteiger partial charge in [-0.3, -0.25) is 4.79 Å². The lowest BCUT2D eigenvalue weighted by Crippen LogP contribution is -2.36. The lowest BCUT2D eigenvalue weighted by atomic mass is 9.96. The highest BCUT2D eigenvalue weighted by Crippen LogP contribution is 2.20. The van der Waals surface area contributed by atoms with E-state index in [0.717, 1.165) is 0 Å². The van der Waals surface area contributed by atoms with E-state index < -0.39 is 5.60 Å². The predicted octanol–water partition coefficient (Wildman–Crippen LogP) is 1.45. The fraction of sp³-hybridized carbons (Fsp3) is 0.438. The second kappa shape index (κ2) is 9.96. The molecule has 0 heterocycles. The fourth-order valence-corrected chi connectivity index (χ4v) is 1.65. The van der Waals surface area contributed by atoms with Crippen LogP contribution in [0.5, 0.6) is 5.75 Å². The van der Waals surface area contributed by atoms with E-state index >= 15 is 0 Å². The summed E-state index contributed by atoms with van der Waals surface area (Å²) in [7, 11) is 0. The topological polar surface area (TPSA) is 94.5 Å². The third-order valence-electron chi connectivity index (χ3n) is 2.78. The minimum absolute atomic E-state index is 0.0648. The molecule has 1 aromatic carbocycles. The molecule has 0 spiro atoms. The minimum atomic E-state index is -1.01. The van der Waals surface area contributed by atoms with E-state index in [2.05, 4.69) is 9.78 Å². The maximum atomic E-state index is 12.3. The molecule has 0 aliphatic rings. The summed E-state index contributed by atoms with van der Waals surface area (Å²) in [4.78, 5) is 21.5. The van der Waals surface area contributed by atoms with E-state index in [-0.39, 0.29) is 32.2 Å². The monoisotopic (exact) mass is 326 g/mol. The standard InChI is InChI=1S/C16H22O7/c1-16(2,21-9-7-17)15(19)13-3-5-14(6-4-13)20-11-12-23-22-10-8-18/h3-6,11-12,17-18H,7-10H2,1-2H3/b12-11-. The molecule has 1 rings (SSSR count). The first-order valence-corrected chi connectivity index (χ1v) is 7.11. The molecule has 0 saturated heterocycles. The molecule has 7 heteroatoms. The lowest BCUT2D eigenvalue weighted by molar-refractivity contribution is -0.253. The molecule has 0 saturated carbocycles. The van der Waals surface area contributed by atoms with Crippen molar-refractivity contribution < 1.29 is 34.3 Å². The summed E-state index contributed by atoms with van der Waals surface area (Å²) in [5.41, 5.74) is -0.533. The maximum absolute atomic E-state index is 12.3. The van der Waals surface area contributed by atoms with Gasteiger partial charge in [-0.15, -0.1) is 0 Å². The summed E-state index contributed by atoms with van der Waals surface area (Å²) in [6, 6.07) is 6.51. The van der Waals surface area contributed by atoms with Crippen molar-refractivity contribution in [1.82, 2.24) is 0 Å². The summed E-state index contributed by atoms with van der Waals surface area (Å²) < 4.78 is 10.6. The summed E-state index contributed by atoms with van der Waals surface area (Å²) in [5.74, 6) is 0.325. The Morgan fingerprint density at radius 2 is 1.74 bits per heavy atom. The SMILES string of the molecule is CC(C)(OCCO)C(=O)c1ccc(O/C=C\OOCCO)cc1. The molecular weight excluding hydrogens is 304 g/mol. The number of Topliss-reactive ketones (excluding diaryl/α,β-unsaturated/α-hetero) is 1. The zero-order valence-electron chi connectivity index (χ0n) is 13.2. The van der Waals surface area contributed by atoms with E-state index in [1.54, 1.807) is 38.1 Å². The Morgan fingerprint density at radius 1 is 1.09 bits per heavy atom. The molecule has 0 unspecified atom stereocenters. The number of ketones is 1. The Balaban J connectivity index is 2.54. The average molecular weight is 326 g/mol. The van der Waals surface area contributed by atoms with Crippen LogP contribution in [0.4, 0.5) is 0 Å². The van der Waals surface area contributed by atoms with Crippen LogP contribution in [0.15, 0.2) is 36.8 Å². The Bertz CT molecular complexity index is 494. The van der Waals surface area contributed by atoms with Gasteiger partial charge in [-0.25, -0.2) is 0 Å². The second-order valence-electron chi connectivity index (χ2n) is 4.97. The van der Waals surface area contributed by atoms with Crippen molar-refractivity contribution in [3.8, 4) is 5.75 Å². The molecule has 0 radical (unpaired) electrons. The number of hydrogen-bond acceptors (Lipinski definition) is 7. The molecule has 0 fully saturated rings. The van der Waals surface area contributed by atoms with Crippen LogP contribution in [-0.4, -0.2) is 48.0 Å². The van der Waals surface area contributed by atoms with Crippen LogP contribution in [-0.2, 0) is 14.5 Å². The van der Waals surface area contributed by atoms with Gasteiger partial charge >= 0.3 is 0 Å². The Kier molecular flexibility index (Phi) is 8.28. The summed E-state index contributed by atoms with van der Waals surface area (Å²) in [6.07, 6.45) is 2.45. The van der Waals surface area contributed by atoms with Crippen LogP contribution in [0.1, 0.15) is 24.2 Å². The Labute approximate surface area is 135 Å². The molecule has 7 nitrogen and oxygen atoms in total. The Morgan fingerprint density at radius 3 is 2.35 bits per heavy atom. The highest BCUT2D eigenvalue weighted by atomic mass is 17.2. The first-order chi connectivity index (χ1) is 11.0. The number of hydrogen-bond donors (Lipinski definition) is 2. The normalized spacial score (nSPS) is 11.7. The van der Waals surface area contributed by atoms with Gasteiger partial charge in [-0.1, -0.05) is 0 Å². The van der Waals surface area contributed by atoms with E-state index in [4.69, 9.17) is 19.7 Å². The van der Waals surface area contributed by atoms with Crippen molar-refractivity contribution in [1.29, 1.82) is 0 Å². The van der Waals surface area contributed by atoms with Gasteiger partial charge in [0.1, 0.15) is 24.2 Å². The van der Waals surface area contributed by atoms with Crippen molar-refractivity contribution >= 4 is 5.78 Å². The minimum Gasteiger partial charge on any atom is -0.462 e. The van der Waals surface area contributed by atoms with Gasteiger partial charge in [0.05, 0.1) is 19.8 Å². The zero-order chi connectivity index (χ0) is 17.1. The molecule has 2 N–H and O–H groups in total. The molecular formula is C16H22O7. The largest absolute Gasteiger partial charge is 0.462 e. The zero-order valence-corrected chi connectivity index (χ0v) is 13.2. The predicted molar refractivity (Wildman–Crippen MR) is 81.8 cm³/mol. The van der Waals surface area contributed by atoms with E-state index in [0.29, 0.717) is 11.3 Å². The van der Waals surface area contributed by atoms with E-state index in [1.165, 1.54) is 12.5 Å². The van der Waals surface area contributed by atoms with Crippen LogP contribution >= 0.6 is 0 Å². The fourth-order valence-electron chi connectivity index (χ4n) is 1.65. The maximum Gasteiger partial charge on any atom is 0.194 e. The lowest BCUT2D eigenvalue weighted by Gasteiger charge is -2.23. The molecule has 0 aliphatic heterocycles. The van der Waals surface area contributed by atoms with Gasteiger partial charge < -0.3 is 24.6 Å². The number of rotatable bonds is 11. The van der Waals surface area contributed by atoms with Crippen molar-refractivity contribution in [2.75, 3.05) is 26.4 Å². The molecule has 0 bridgehead atoms. The van der Waals surface area contributed by atoms with Crippen molar-refractivity contribution in [2.45, 2.75) is 19.4 Å². The Hall–Kier alpha value is -1.93. The van der Waals surface area contributed by atoms with Crippen molar-refractivity contribution in [3.05, 3.63) is 42.4 Å². The summed E-state index contributed by atoms with van der Waals surface area (Å²) in [6.45, 7) is 3.20. The van der Waals surface area contributed by atoms with Gasteiger partial charge in [-0.05, 0) is 38.1 Å². The molecule has 128 valence electrons. The molecule has 0 amide bonds. The average Bonchev–Trinajstić information content (AvgIpc) is 2.56. The van der Waals surface area contributed by atoms with Gasteiger partial charge in [-0.2, -0.15) is 4.89 Å². The van der Waals surface area contributed by atoms with Crippen LogP contribution in [0, 0.1) is 0 Å². The third-order valence-corrected chi connectivity index (χ3v) is 2.78. The van der Waals surface area contributed by atoms with E-state index in [9.17, 15) is 4.79 Å². The van der Waals surface area contributed by atoms with Crippen LogP contribution in [0.3, 0.4) is 0 Å². The van der Waals surface area contributed by atoms with E-state index in [1.807, 2.05) is 0 Å². The van der Waals surface area contributed by atoms with Crippen LogP contribution in [0.25, 0.3) is 0 Å². The molecule has 1 aromatic rings. The number of aliphatic hydroxyl groups excluding tert-OH is 2. The van der Waals surface area contributed by atoms with Gasteiger partial charge in [0.2, 0.25) is 0 Å².